The highest BCUT2D eigenvalue weighted by molar-refractivity contribution is 5.96. The second kappa shape index (κ2) is 15.9. The first-order valence-corrected chi connectivity index (χ1v) is 19.1. The molecule has 52 heavy (non-hydrogen) atoms. The molecule has 1 unspecified atom stereocenters. The largest absolute Gasteiger partial charge is 0.479 e. The Bertz CT molecular complexity index is 1540. The topological polar surface area (TPSA) is 158 Å². The third kappa shape index (κ3) is 8.73. The molecule has 0 spiro atoms. The molecule has 4 amide bonds. The number of allylic oxidation sites excluding steroid dienone is 1. The monoisotopic (exact) mass is 721 g/mol. The van der Waals surface area contributed by atoms with E-state index in [0.29, 0.717) is 32.4 Å². The van der Waals surface area contributed by atoms with Crippen LogP contribution in [0.4, 0.5) is 9.59 Å². The highest BCUT2D eigenvalue weighted by Crippen LogP contribution is 2.45. The highest BCUT2D eigenvalue weighted by atomic mass is 16.6. The number of piperidine rings is 1. The molecule has 0 aromatic heterocycles. The predicted octanol–water partition coefficient (Wildman–Crippen LogP) is 4.55. The summed E-state index contributed by atoms with van der Waals surface area (Å²) in [7, 11) is 0. The number of nitrogens with one attached hydrogen (secondary N) is 2. The van der Waals surface area contributed by atoms with E-state index in [2.05, 4.69) is 27.7 Å². The summed E-state index contributed by atoms with van der Waals surface area (Å²) < 4.78 is 11.7. The summed E-state index contributed by atoms with van der Waals surface area (Å²) in [5, 5.41) is 15.7. The van der Waals surface area contributed by atoms with E-state index in [-0.39, 0.29) is 31.3 Å². The van der Waals surface area contributed by atoms with Gasteiger partial charge in [-0.05, 0) is 89.9 Å². The molecule has 2 saturated heterocycles. The van der Waals surface area contributed by atoms with Gasteiger partial charge < -0.3 is 35.0 Å². The molecule has 1 aromatic carbocycles. The van der Waals surface area contributed by atoms with Gasteiger partial charge in [-0.1, -0.05) is 55.7 Å². The van der Waals surface area contributed by atoms with Crippen LogP contribution < -0.4 is 10.6 Å². The van der Waals surface area contributed by atoms with Crippen LogP contribution in [0.2, 0.25) is 0 Å². The van der Waals surface area contributed by atoms with Gasteiger partial charge in [0.25, 0.3) is 0 Å². The quantitative estimate of drug-likeness (QED) is 0.371. The number of likely N-dealkylation sites (tertiary alicyclic amines) is 1. The number of aliphatic carboxylic acids is 1. The maximum absolute atomic E-state index is 14.4. The lowest BCUT2D eigenvalue weighted by Crippen LogP contribution is -2.56. The second-order valence-electron chi connectivity index (χ2n) is 16.1. The van der Waals surface area contributed by atoms with Gasteiger partial charge in [0.05, 0.1) is 12.6 Å². The Morgan fingerprint density at radius 3 is 2.52 bits per heavy atom. The molecule has 4 heterocycles. The summed E-state index contributed by atoms with van der Waals surface area (Å²) in [6.07, 6.45) is 9.45. The lowest BCUT2D eigenvalue weighted by molar-refractivity contribution is -0.145. The Balaban J connectivity index is 1.24. The first-order chi connectivity index (χ1) is 24.8. The van der Waals surface area contributed by atoms with Gasteiger partial charge in [-0.3, -0.25) is 14.5 Å². The number of hydrogen-bond acceptors (Lipinski definition) is 8. The van der Waals surface area contributed by atoms with Crippen molar-refractivity contribution in [2.75, 3.05) is 32.7 Å². The molecule has 0 bridgehead atoms. The minimum Gasteiger partial charge on any atom is -0.479 e. The molecule has 1 aliphatic carbocycles. The van der Waals surface area contributed by atoms with Crippen molar-refractivity contribution in [1.29, 1.82) is 0 Å². The van der Waals surface area contributed by atoms with Gasteiger partial charge in [0, 0.05) is 25.4 Å². The van der Waals surface area contributed by atoms with Crippen molar-refractivity contribution in [2.24, 2.45) is 5.92 Å². The zero-order valence-corrected chi connectivity index (χ0v) is 30.8. The van der Waals surface area contributed by atoms with Gasteiger partial charge in [0.2, 0.25) is 11.8 Å². The first-order valence-electron chi connectivity index (χ1n) is 19.1. The summed E-state index contributed by atoms with van der Waals surface area (Å²) in [5.41, 5.74) is 0.0649. The second-order valence-corrected chi connectivity index (χ2v) is 16.1. The van der Waals surface area contributed by atoms with Crippen molar-refractivity contribution in [2.45, 2.75) is 127 Å². The Morgan fingerprint density at radius 2 is 1.77 bits per heavy atom. The Hall–Kier alpha value is -4.13. The number of amides is 4. The molecule has 1 aromatic rings. The van der Waals surface area contributed by atoms with Crippen LogP contribution in [0.25, 0.3) is 0 Å². The van der Waals surface area contributed by atoms with Crippen molar-refractivity contribution in [3.63, 3.8) is 0 Å². The van der Waals surface area contributed by atoms with Crippen molar-refractivity contribution in [3.05, 3.63) is 47.5 Å². The van der Waals surface area contributed by atoms with Crippen molar-refractivity contribution >= 4 is 30.0 Å². The zero-order valence-electron chi connectivity index (χ0n) is 30.8. The molecule has 6 atom stereocenters. The number of nitrogens with zero attached hydrogens (tertiary/aromatic N) is 3. The molecule has 6 rings (SSSR count). The highest BCUT2D eigenvalue weighted by Gasteiger charge is 2.61. The molecule has 5 aliphatic rings. The van der Waals surface area contributed by atoms with E-state index in [1.54, 1.807) is 25.7 Å². The third-order valence-corrected chi connectivity index (χ3v) is 11.1. The summed E-state index contributed by atoms with van der Waals surface area (Å²) >= 11 is 0. The fourth-order valence-corrected chi connectivity index (χ4v) is 8.26. The lowest BCUT2D eigenvalue weighted by Gasteiger charge is -2.40. The van der Waals surface area contributed by atoms with Gasteiger partial charge in [-0.2, -0.15) is 0 Å². The van der Waals surface area contributed by atoms with Crippen LogP contribution in [0.1, 0.15) is 102 Å². The molecular formula is C39H55N5O8. The van der Waals surface area contributed by atoms with Crippen LogP contribution in [0.3, 0.4) is 0 Å². The number of benzene rings is 1. The van der Waals surface area contributed by atoms with E-state index < -0.39 is 59.3 Å². The standard InChI is InChI=1S/C39H55N5O8/c1-38(2,3)52-36(49)40-30-17-9-6-4-5-8-15-27-23-39(27,35(47)48)41-33(45)31-22-28(24-44(31)34(30)46)51-37(50)43-21-18-26-14-10-11-16-29(26)32(43)25-42-19-12-7-13-20-42/h8,10-11,14-16,27-28,30-32H,4-7,9,12-13,17-25H2,1-3H3,(H,40,49)(H,41,45)(H,47,48)/b15-8-/t27-,28+,30-,31-,32?,39+/m0/s1. The van der Waals surface area contributed by atoms with Crippen LogP contribution in [-0.2, 0) is 30.3 Å². The van der Waals surface area contributed by atoms with Gasteiger partial charge in [-0.25, -0.2) is 14.4 Å². The molecule has 3 fully saturated rings. The number of rotatable bonds is 5. The maximum atomic E-state index is 14.4. The van der Waals surface area contributed by atoms with E-state index in [0.717, 1.165) is 50.8 Å². The van der Waals surface area contributed by atoms with Crippen molar-refractivity contribution in [1.82, 2.24) is 25.3 Å². The minimum absolute atomic E-state index is 0.000105. The van der Waals surface area contributed by atoms with Crippen LogP contribution in [0.15, 0.2) is 36.4 Å². The number of hydrogen-bond donors (Lipinski definition) is 3. The Labute approximate surface area is 306 Å². The Morgan fingerprint density at radius 1 is 1.02 bits per heavy atom. The van der Waals surface area contributed by atoms with E-state index in [4.69, 9.17) is 9.47 Å². The lowest BCUT2D eigenvalue weighted by atomic mass is 9.92. The van der Waals surface area contributed by atoms with Gasteiger partial charge in [-0.15, -0.1) is 0 Å². The number of fused-ring (bicyclic) bond motifs is 3. The van der Waals surface area contributed by atoms with Crippen molar-refractivity contribution in [3.8, 4) is 0 Å². The van der Waals surface area contributed by atoms with Crippen LogP contribution in [0.5, 0.6) is 0 Å². The van der Waals surface area contributed by atoms with Crippen LogP contribution in [-0.4, -0.2) is 112 Å². The van der Waals surface area contributed by atoms with Crippen molar-refractivity contribution < 1.29 is 38.6 Å². The summed E-state index contributed by atoms with van der Waals surface area (Å²) in [6, 6.07) is 5.90. The van der Waals surface area contributed by atoms with E-state index in [1.165, 1.54) is 16.9 Å². The molecule has 284 valence electrons. The number of carbonyl (C=O) groups is 5. The number of ether oxygens (including phenoxy) is 2. The molecule has 4 aliphatic heterocycles. The number of carbonyl (C=O) groups excluding carboxylic acids is 4. The molecular weight excluding hydrogens is 666 g/mol. The number of carboxylic acids is 1. The Kier molecular flexibility index (Phi) is 11.5. The zero-order chi connectivity index (χ0) is 37.0. The minimum atomic E-state index is -1.46. The molecule has 3 N–H and O–H groups in total. The molecule has 1 saturated carbocycles. The maximum Gasteiger partial charge on any atom is 0.410 e. The van der Waals surface area contributed by atoms with Gasteiger partial charge in [0.1, 0.15) is 29.3 Å². The summed E-state index contributed by atoms with van der Waals surface area (Å²) in [5.74, 6) is -2.61. The van der Waals surface area contributed by atoms with Gasteiger partial charge in [0.15, 0.2) is 0 Å². The SMILES string of the molecule is CC(C)(C)OC(=O)N[C@H]1CCCCC/C=C\[C@H]2C[C@@]2(C(=O)O)NC(=O)[C@@H]2C[C@@H](OC(=O)N3CCc4ccccc4C3CN3CCCCC3)CN2C1=O. The molecule has 0 radical (unpaired) electrons. The van der Waals surface area contributed by atoms with E-state index in [1.807, 2.05) is 24.3 Å². The predicted molar refractivity (Wildman–Crippen MR) is 192 cm³/mol. The summed E-state index contributed by atoms with van der Waals surface area (Å²) in [4.78, 5) is 73.4. The third-order valence-electron chi connectivity index (χ3n) is 11.1. The number of alkyl carbamates (subject to hydrolysis) is 1. The molecule has 13 heteroatoms. The average Bonchev–Trinajstić information content (AvgIpc) is 3.64. The van der Waals surface area contributed by atoms with E-state index >= 15 is 0 Å². The smallest absolute Gasteiger partial charge is 0.410 e. The van der Waals surface area contributed by atoms with Gasteiger partial charge >= 0.3 is 18.2 Å². The number of carboxylic acid groups (broad SMARTS) is 1. The normalized spacial score (nSPS) is 30.7. The first kappa shape index (κ1) is 37.6. The average molecular weight is 722 g/mol. The van der Waals surface area contributed by atoms with Crippen LogP contribution >= 0.6 is 0 Å². The molecule has 13 nitrogen and oxygen atoms in total. The fraction of sp³-hybridized carbons (Fsp3) is 0.667. The van der Waals surface area contributed by atoms with Crippen LogP contribution in [0, 0.1) is 5.92 Å². The van der Waals surface area contributed by atoms with E-state index in [9.17, 15) is 29.1 Å². The summed E-state index contributed by atoms with van der Waals surface area (Å²) in [6.45, 7) is 8.26. The fourth-order valence-electron chi connectivity index (χ4n) is 8.26.